The molecule has 3 amide bonds. The highest BCUT2D eigenvalue weighted by molar-refractivity contribution is 7.10. The maximum Gasteiger partial charge on any atom is 0.312 e. The zero-order chi connectivity index (χ0) is 20.1. The maximum absolute atomic E-state index is 12.7. The van der Waals surface area contributed by atoms with Gasteiger partial charge in [0.25, 0.3) is 0 Å². The molecule has 1 fully saturated rings. The van der Waals surface area contributed by atoms with Gasteiger partial charge in [0, 0.05) is 23.0 Å². The first-order chi connectivity index (χ1) is 13.4. The minimum absolute atomic E-state index is 0.0217. The molecule has 0 radical (unpaired) electrons. The van der Waals surface area contributed by atoms with E-state index in [0.29, 0.717) is 18.1 Å². The normalized spacial score (nSPS) is 17.1. The number of thiophene rings is 1. The molecule has 8 heteroatoms. The summed E-state index contributed by atoms with van der Waals surface area (Å²) in [6.07, 6.45) is 1.06. The number of amides is 3. The van der Waals surface area contributed by atoms with Crippen molar-refractivity contribution < 1.29 is 14.7 Å². The van der Waals surface area contributed by atoms with E-state index in [1.54, 1.807) is 17.0 Å². The summed E-state index contributed by atoms with van der Waals surface area (Å²) in [4.78, 5) is 26.7. The third kappa shape index (κ3) is 5.25. The molecule has 1 aliphatic rings. The van der Waals surface area contributed by atoms with E-state index >= 15 is 0 Å². The van der Waals surface area contributed by atoms with Gasteiger partial charge >= 0.3 is 6.03 Å². The van der Waals surface area contributed by atoms with Gasteiger partial charge in [-0.05, 0) is 47.9 Å². The Balaban J connectivity index is 1.55. The molecule has 4 N–H and O–H groups in total. The average molecular weight is 422 g/mol. The minimum Gasteiger partial charge on any atom is -0.388 e. The van der Waals surface area contributed by atoms with E-state index in [9.17, 15) is 14.7 Å². The molecule has 2 heterocycles. The molecule has 0 aliphatic carbocycles. The van der Waals surface area contributed by atoms with Gasteiger partial charge in [0.15, 0.2) is 0 Å². The number of carbonyl (C=O) groups is 2. The van der Waals surface area contributed by atoms with Gasteiger partial charge < -0.3 is 21.1 Å². The van der Waals surface area contributed by atoms with Crippen molar-refractivity contribution in [3.63, 3.8) is 0 Å². The van der Waals surface area contributed by atoms with E-state index in [2.05, 4.69) is 5.32 Å². The molecule has 1 aromatic carbocycles. The minimum atomic E-state index is -0.643. The Bertz CT molecular complexity index is 790. The van der Waals surface area contributed by atoms with Crippen LogP contribution >= 0.6 is 22.9 Å². The predicted octanol–water partition coefficient (Wildman–Crippen LogP) is 3.47. The Morgan fingerprint density at radius 1 is 1.25 bits per heavy atom. The molecule has 150 valence electrons. The number of rotatable bonds is 6. The first-order valence-electron chi connectivity index (χ1n) is 9.24. The fourth-order valence-corrected chi connectivity index (χ4v) is 4.49. The van der Waals surface area contributed by atoms with Crippen LogP contribution in [-0.4, -0.2) is 35.0 Å². The lowest BCUT2D eigenvalue weighted by atomic mass is 9.87. The number of benzene rings is 1. The quantitative estimate of drug-likeness (QED) is 0.666. The van der Waals surface area contributed by atoms with Crippen molar-refractivity contribution in [2.75, 3.05) is 13.1 Å². The van der Waals surface area contributed by atoms with Crippen LogP contribution in [0.3, 0.4) is 0 Å². The molecule has 28 heavy (non-hydrogen) atoms. The summed E-state index contributed by atoms with van der Waals surface area (Å²) in [5.41, 5.74) is 6.11. The number of nitrogens with two attached hydrogens (primary N) is 1. The maximum atomic E-state index is 12.7. The molecule has 0 saturated carbocycles. The first kappa shape index (κ1) is 20.6. The fourth-order valence-electron chi connectivity index (χ4n) is 3.58. The Labute approximate surface area is 173 Å². The largest absolute Gasteiger partial charge is 0.388 e. The molecule has 1 aromatic heterocycles. The van der Waals surface area contributed by atoms with Gasteiger partial charge in [-0.1, -0.05) is 29.8 Å². The van der Waals surface area contributed by atoms with Crippen LogP contribution in [0.5, 0.6) is 0 Å². The van der Waals surface area contributed by atoms with Crippen LogP contribution in [0.4, 0.5) is 4.79 Å². The number of piperidine rings is 1. The number of urea groups is 1. The summed E-state index contributed by atoms with van der Waals surface area (Å²) in [6.45, 7) is 1.17. The third-order valence-electron chi connectivity index (χ3n) is 5.13. The molecule has 0 bridgehead atoms. The number of hydrogen-bond donors (Lipinski definition) is 3. The highest BCUT2D eigenvalue weighted by Gasteiger charge is 2.29. The van der Waals surface area contributed by atoms with Crippen LogP contribution in [0.15, 0.2) is 41.8 Å². The van der Waals surface area contributed by atoms with Crippen molar-refractivity contribution in [2.24, 2.45) is 11.7 Å². The van der Waals surface area contributed by atoms with Crippen molar-refractivity contribution in [2.45, 2.75) is 31.4 Å². The number of nitrogens with zero attached hydrogens (tertiary/aromatic N) is 1. The van der Waals surface area contributed by atoms with Crippen LogP contribution in [0, 0.1) is 5.92 Å². The second-order valence-electron chi connectivity index (χ2n) is 7.00. The number of halogens is 1. The number of likely N-dealkylation sites (tertiary alicyclic amines) is 1. The van der Waals surface area contributed by atoms with E-state index in [1.165, 1.54) is 11.3 Å². The molecular weight excluding hydrogens is 398 g/mol. The van der Waals surface area contributed by atoms with Crippen molar-refractivity contribution in [1.82, 2.24) is 10.2 Å². The molecule has 2 aromatic rings. The van der Waals surface area contributed by atoms with E-state index < -0.39 is 18.2 Å². The molecular formula is C20H24ClN3O3S. The number of aliphatic hydroxyl groups excluding tert-OH is 1. The van der Waals surface area contributed by atoms with Crippen molar-refractivity contribution >= 4 is 34.9 Å². The summed E-state index contributed by atoms with van der Waals surface area (Å²) < 4.78 is 0. The van der Waals surface area contributed by atoms with Gasteiger partial charge in [-0.2, -0.15) is 0 Å². The number of aliphatic hydroxyl groups is 1. The van der Waals surface area contributed by atoms with Crippen molar-refractivity contribution in [1.29, 1.82) is 0 Å². The molecule has 0 spiro atoms. The van der Waals surface area contributed by atoms with Crippen LogP contribution in [-0.2, 0) is 4.79 Å². The van der Waals surface area contributed by atoms with Crippen LogP contribution in [0.1, 0.15) is 41.8 Å². The topological polar surface area (TPSA) is 95.7 Å². The Morgan fingerprint density at radius 2 is 1.93 bits per heavy atom. The zero-order valence-electron chi connectivity index (χ0n) is 15.4. The number of carbonyl (C=O) groups excluding carboxylic acids is 2. The Hall–Kier alpha value is -2.09. The summed E-state index contributed by atoms with van der Waals surface area (Å²) in [6, 6.07) is 9.93. The second kappa shape index (κ2) is 9.41. The monoisotopic (exact) mass is 421 g/mol. The predicted molar refractivity (Wildman–Crippen MR) is 110 cm³/mol. The highest BCUT2D eigenvalue weighted by atomic mass is 35.5. The SMILES string of the molecule is NC(=O)NC(CC(=O)N1CCC(C(O)c2ccc(Cl)cc2)CC1)c1cccs1. The number of nitrogens with one attached hydrogen (secondary N) is 1. The van der Waals surface area contributed by atoms with Gasteiger partial charge in [-0.3, -0.25) is 4.79 Å². The average Bonchev–Trinajstić information content (AvgIpc) is 3.22. The molecule has 1 aliphatic heterocycles. The van der Waals surface area contributed by atoms with Crippen LogP contribution < -0.4 is 11.1 Å². The number of hydrogen-bond acceptors (Lipinski definition) is 4. The summed E-state index contributed by atoms with van der Waals surface area (Å²) >= 11 is 7.39. The van der Waals surface area contributed by atoms with Crippen molar-refractivity contribution in [3.8, 4) is 0 Å². The molecule has 1 saturated heterocycles. The van der Waals surface area contributed by atoms with E-state index in [1.807, 2.05) is 29.6 Å². The first-order valence-corrected chi connectivity index (χ1v) is 10.5. The number of primary amides is 1. The smallest absolute Gasteiger partial charge is 0.312 e. The zero-order valence-corrected chi connectivity index (χ0v) is 17.0. The van der Waals surface area contributed by atoms with E-state index in [0.717, 1.165) is 23.3 Å². The van der Waals surface area contributed by atoms with Crippen molar-refractivity contribution in [3.05, 3.63) is 57.2 Å². The van der Waals surface area contributed by atoms with Gasteiger partial charge in [-0.15, -0.1) is 11.3 Å². The Morgan fingerprint density at radius 3 is 2.50 bits per heavy atom. The lowest BCUT2D eigenvalue weighted by Gasteiger charge is -2.35. The highest BCUT2D eigenvalue weighted by Crippen LogP contribution is 2.32. The van der Waals surface area contributed by atoms with E-state index in [4.69, 9.17) is 17.3 Å². The standard InChI is InChI=1S/C20H24ClN3O3S/c21-15-5-3-13(4-6-15)19(26)14-7-9-24(10-8-14)18(25)12-16(23-20(22)27)17-2-1-11-28-17/h1-6,11,14,16,19,26H,7-10,12H2,(H3,22,23,27). The third-order valence-corrected chi connectivity index (χ3v) is 6.37. The summed E-state index contributed by atoms with van der Waals surface area (Å²) in [7, 11) is 0. The molecule has 2 unspecified atom stereocenters. The van der Waals surface area contributed by atoms with E-state index in [-0.39, 0.29) is 18.2 Å². The fraction of sp³-hybridized carbons (Fsp3) is 0.400. The van der Waals surface area contributed by atoms with Gasteiger partial charge in [-0.25, -0.2) is 4.79 Å². The van der Waals surface area contributed by atoms with Crippen LogP contribution in [0.25, 0.3) is 0 Å². The molecule has 3 rings (SSSR count). The van der Waals surface area contributed by atoms with Gasteiger partial charge in [0.1, 0.15) is 0 Å². The summed E-state index contributed by atoms with van der Waals surface area (Å²) in [5.74, 6) is 0.0774. The summed E-state index contributed by atoms with van der Waals surface area (Å²) in [5, 5.41) is 15.8. The lowest BCUT2D eigenvalue weighted by molar-refractivity contribution is -0.133. The molecule has 6 nitrogen and oxygen atoms in total. The second-order valence-corrected chi connectivity index (χ2v) is 8.41. The Kier molecular flexibility index (Phi) is 6.93. The van der Waals surface area contributed by atoms with Gasteiger partial charge in [0.2, 0.25) is 5.91 Å². The molecule has 2 atom stereocenters. The van der Waals surface area contributed by atoms with Gasteiger partial charge in [0.05, 0.1) is 18.6 Å². The lowest BCUT2D eigenvalue weighted by Crippen LogP contribution is -2.42. The van der Waals surface area contributed by atoms with Crippen LogP contribution in [0.2, 0.25) is 5.02 Å².